The molecule has 0 aromatic heterocycles. The Labute approximate surface area is 138 Å². The zero-order valence-electron chi connectivity index (χ0n) is 13.7. The Morgan fingerprint density at radius 3 is 2.54 bits per heavy atom. The summed E-state index contributed by atoms with van der Waals surface area (Å²) in [5.41, 5.74) is -0.199. The first-order chi connectivity index (χ1) is 11.3. The highest BCUT2D eigenvalue weighted by Crippen LogP contribution is 2.30. The summed E-state index contributed by atoms with van der Waals surface area (Å²) < 4.78 is 43.2. The Bertz CT molecular complexity index is 459. The van der Waals surface area contributed by atoms with Crippen LogP contribution in [0.15, 0.2) is 0 Å². The van der Waals surface area contributed by atoms with Crippen LogP contribution in [0.1, 0.15) is 25.7 Å². The molecular formula is C15H24F3N3O3. The summed E-state index contributed by atoms with van der Waals surface area (Å²) in [7, 11) is 1.59. The summed E-state index contributed by atoms with van der Waals surface area (Å²) in [6.07, 6.45) is -3.20. The topological polar surface area (TPSA) is 79.5 Å². The number of hydrogen-bond acceptors (Lipinski definition) is 4. The van der Waals surface area contributed by atoms with Crippen molar-refractivity contribution in [3.8, 4) is 0 Å². The third-order valence-electron chi connectivity index (χ3n) is 4.84. The third-order valence-corrected chi connectivity index (χ3v) is 4.84. The number of alkyl halides is 3. The van der Waals surface area contributed by atoms with Gasteiger partial charge < -0.3 is 20.7 Å². The number of piperidine rings is 2. The number of carbonyl (C=O) groups is 2. The average Bonchev–Trinajstić information content (AvgIpc) is 2.53. The van der Waals surface area contributed by atoms with E-state index in [9.17, 15) is 22.8 Å². The van der Waals surface area contributed by atoms with E-state index in [1.54, 1.807) is 7.11 Å². The number of amides is 2. The quantitative estimate of drug-likeness (QED) is 0.633. The van der Waals surface area contributed by atoms with Crippen molar-refractivity contribution in [3.63, 3.8) is 0 Å². The van der Waals surface area contributed by atoms with Crippen molar-refractivity contribution in [2.45, 2.75) is 37.9 Å². The Morgan fingerprint density at radius 2 is 2.00 bits per heavy atom. The van der Waals surface area contributed by atoms with Gasteiger partial charge in [0.25, 0.3) is 0 Å². The van der Waals surface area contributed by atoms with Crippen LogP contribution in [0.25, 0.3) is 0 Å². The second kappa shape index (κ2) is 7.69. The van der Waals surface area contributed by atoms with Crippen LogP contribution in [-0.2, 0) is 14.3 Å². The fourth-order valence-electron chi connectivity index (χ4n) is 3.34. The molecule has 0 bridgehead atoms. The van der Waals surface area contributed by atoms with Crippen LogP contribution in [0.4, 0.5) is 13.2 Å². The predicted molar refractivity (Wildman–Crippen MR) is 80.1 cm³/mol. The first-order valence-corrected chi connectivity index (χ1v) is 8.12. The summed E-state index contributed by atoms with van der Waals surface area (Å²) in [4.78, 5) is 24.1. The van der Waals surface area contributed by atoms with Crippen molar-refractivity contribution >= 4 is 11.8 Å². The van der Waals surface area contributed by atoms with Crippen LogP contribution in [0.3, 0.4) is 0 Å². The van der Waals surface area contributed by atoms with Crippen molar-refractivity contribution < 1.29 is 27.5 Å². The van der Waals surface area contributed by atoms with Crippen LogP contribution in [0.5, 0.6) is 0 Å². The second-order valence-corrected chi connectivity index (χ2v) is 6.63. The number of carbonyl (C=O) groups excluding carboxylic acids is 2. The molecule has 0 saturated carbocycles. The van der Waals surface area contributed by atoms with E-state index in [0.717, 1.165) is 25.9 Å². The van der Waals surface area contributed by atoms with Gasteiger partial charge >= 0.3 is 6.18 Å². The molecule has 6 nitrogen and oxygen atoms in total. The van der Waals surface area contributed by atoms with Gasteiger partial charge in [-0.3, -0.25) is 9.59 Å². The smallest absolute Gasteiger partial charge is 0.384 e. The molecule has 0 spiro atoms. The molecule has 138 valence electrons. The van der Waals surface area contributed by atoms with Crippen molar-refractivity contribution in [2.75, 3.05) is 33.4 Å². The van der Waals surface area contributed by atoms with Crippen molar-refractivity contribution in [1.29, 1.82) is 0 Å². The zero-order valence-corrected chi connectivity index (χ0v) is 13.7. The maximum atomic E-state index is 12.6. The van der Waals surface area contributed by atoms with E-state index in [1.807, 2.05) is 5.32 Å². The SMILES string of the molecule is COCC1(CNC(=O)C2CCC(C(F)(F)F)NC2=O)CCNCC1. The minimum atomic E-state index is -4.48. The summed E-state index contributed by atoms with van der Waals surface area (Å²) in [6.45, 7) is 2.47. The first-order valence-electron chi connectivity index (χ1n) is 8.12. The average molecular weight is 351 g/mol. The molecule has 24 heavy (non-hydrogen) atoms. The van der Waals surface area contributed by atoms with E-state index < -0.39 is 30.0 Å². The maximum absolute atomic E-state index is 12.6. The van der Waals surface area contributed by atoms with Gasteiger partial charge in [0.2, 0.25) is 11.8 Å². The molecule has 2 fully saturated rings. The van der Waals surface area contributed by atoms with Crippen molar-refractivity contribution in [3.05, 3.63) is 0 Å². The van der Waals surface area contributed by atoms with Gasteiger partial charge in [-0.25, -0.2) is 0 Å². The summed E-state index contributed by atoms with van der Waals surface area (Å²) in [5.74, 6) is -2.43. The molecule has 2 unspecified atom stereocenters. The lowest BCUT2D eigenvalue weighted by Crippen LogP contribution is -2.55. The molecular weight excluding hydrogens is 327 g/mol. The normalized spacial score (nSPS) is 27.4. The van der Waals surface area contributed by atoms with Gasteiger partial charge in [0.1, 0.15) is 12.0 Å². The fraction of sp³-hybridized carbons (Fsp3) is 0.867. The number of rotatable bonds is 5. The highest BCUT2D eigenvalue weighted by Gasteiger charge is 2.46. The van der Waals surface area contributed by atoms with Crippen LogP contribution in [0.2, 0.25) is 0 Å². The number of methoxy groups -OCH3 is 1. The highest BCUT2D eigenvalue weighted by molar-refractivity contribution is 6.00. The van der Waals surface area contributed by atoms with Gasteiger partial charge in [-0.2, -0.15) is 13.2 Å². The molecule has 0 aromatic carbocycles. The molecule has 0 aliphatic carbocycles. The van der Waals surface area contributed by atoms with Gasteiger partial charge in [0.05, 0.1) is 6.61 Å². The zero-order chi connectivity index (χ0) is 17.8. The predicted octanol–water partition coefficient (Wildman–Crippen LogP) is 0.576. The second-order valence-electron chi connectivity index (χ2n) is 6.63. The van der Waals surface area contributed by atoms with Crippen LogP contribution in [-0.4, -0.2) is 57.4 Å². The minimum absolute atomic E-state index is 0.0966. The summed E-state index contributed by atoms with van der Waals surface area (Å²) >= 11 is 0. The monoisotopic (exact) mass is 351 g/mol. The molecule has 2 heterocycles. The molecule has 0 aromatic rings. The maximum Gasteiger partial charge on any atom is 0.408 e. The molecule has 2 saturated heterocycles. The lowest BCUT2D eigenvalue weighted by molar-refractivity contribution is -0.171. The molecule has 2 aliphatic heterocycles. The van der Waals surface area contributed by atoms with E-state index in [4.69, 9.17) is 4.74 Å². The largest absolute Gasteiger partial charge is 0.408 e. The van der Waals surface area contributed by atoms with Crippen molar-refractivity contribution in [1.82, 2.24) is 16.0 Å². The number of ether oxygens (including phenoxy) is 1. The molecule has 2 aliphatic rings. The number of hydrogen-bond donors (Lipinski definition) is 3. The van der Waals surface area contributed by atoms with Crippen molar-refractivity contribution in [2.24, 2.45) is 11.3 Å². The Morgan fingerprint density at radius 1 is 1.33 bits per heavy atom. The third kappa shape index (κ3) is 4.60. The minimum Gasteiger partial charge on any atom is -0.384 e. The number of nitrogens with one attached hydrogen (secondary N) is 3. The Kier molecular flexibility index (Phi) is 6.08. The van der Waals surface area contributed by atoms with E-state index in [0.29, 0.717) is 13.2 Å². The molecule has 2 rings (SSSR count). The molecule has 2 atom stereocenters. The van der Waals surface area contributed by atoms with E-state index in [-0.39, 0.29) is 18.3 Å². The molecule has 0 radical (unpaired) electrons. The van der Waals surface area contributed by atoms with Gasteiger partial charge in [-0.1, -0.05) is 0 Å². The van der Waals surface area contributed by atoms with Crippen LogP contribution < -0.4 is 16.0 Å². The van der Waals surface area contributed by atoms with E-state index >= 15 is 0 Å². The Hall–Kier alpha value is -1.35. The highest BCUT2D eigenvalue weighted by atomic mass is 19.4. The van der Waals surface area contributed by atoms with Crippen LogP contribution >= 0.6 is 0 Å². The van der Waals surface area contributed by atoms with Gasteiger partial charge in [0.15, 0.2) is 0 Å². The molecule has 2 amide bonds. The molecule has 3 N–H and O–H groups in total. The van der Waals surface area contributed by atoms with E-state index in [1.165, 1.54) is 0 Å². The van der Waals surface area contributed by atoms with Gasteiger partial charge in [-0.15, -0.1) is 0 Å². The van der Waals surface area contributed by atoms with Crippen LogP contribution in [0, 0.1) is 11.3 Å². The van der Waals surface area contributed by atoms with Gasteiger partial charge in [-0.05, 0) is 38.8 Å². The first kappa shape index (κ1) is 19.0. The van der Waals surface area contributed by atoms with E-state index in [2.05, 4.69) is 10.6 Å². The molecule has 9 heteroatoms. The summed E-state index contributed by atoms with van der Waals surface area (Å²) in [6, 6.07) is -1.86. The summed E-state index contributed by atoms with van der Waals surface area (Å²) in [5, 5.41) is 7.88. The van der Waals surface area contributed by atoms with Gasteiger partial charge in [0, 0.05) is 19.1 Å². The number of halogens is 3. The fourth-order valence-corrected chi connectivity index (χ4v) is 3.34. The lowest BCUT2D eigenvalue weighted by atomic mass is 9.79. The lowest BCUT2D eigenvalue weighted by Gasteiger charge is -2.37. The standard InChI is InChI=1S/C15H24F3N3O3/c1-24-9-14(4-6-19-7-5-14)8-20-12(22)10-2-3-11(15(16,17)18)21-13(10)23/h10-11,19H,2-9H2,1H3,(H,20,22)(H,21,23). The Balaban J connectivity index is 1.89.